The van der Waals surface area contributed by atoms with Crippen molar-refractivity contribution in [3.63, 3.8) is 0 Å². The highest BCUT2D eigenvalue weighted by molar-refractivity contribution is 8.22. The summed E-state index contributed by atoms with van der Waals surface area (Å²) < 4.78 is 5.02. The van der Waals surface area contributed by atoms with Crippen LogP contribution in [0.5, 0.6) is 0 Å². The third-order valence-corrected chi connectivity index (χ3v) is 2.91. The Morgan fingerprint density at radius 1 is 1.44 bits per heavy atom. The summed E-state index contributed by atoms with van der Waals surface area (Å²) in [5, 5.41) is 0. The smallest absolute Gasteiger partial charge is 0.322 e. The van der Waals surface area contributed by atoms with Gasteiger partial charge in [0, 0.05) is 0 Å². The van der Waals surface area contributed by atoms with Gasteiger partial charge in [-0.15, -0.1) is 11.8 Å². The van der Waals surface area contributed by atoms with Crippen LogP contribution in [0.3, 0.4) is 0 Å². The van der Waals surface area contributed by atoms with Crippen LogP contribution in [0.15, 0.2) is 30.3 Å². The number of benzene rings is 1. The van der Waals surface area contributed by atoms with Gasteiger partial charge in [-0.3, -0.25) is 4.79 Å². The molecular formula is C12H18N2O2S2. The largest absolute Gasteiger partial charge is 0.468 e. The van der Waals surface area contributed by atoms with Crippen molar-refractivity contribution in [2.75, 3.05) is 13.4 Å². The van der Waals surface area contributed by atoms with E-state index in [0.29, 0.717) is 10.7 Å². The predicted octanol–water partition coefficient (Wildman–Crippen LogP) is 1.32. The van der Waals surface area contributed by atoms with E-state index in [9.17, 15) is 4.79 Å². The third-order valence-electron chi connectivity index (χ3n) is 2.00. The van der Waals surface area contributed by atoms with E-state index in [1.54, 1.807) is 0 Å². The molecule has 0 saturated carbocycles. The van der Waals surface area contributed by atoms with Crippen LogP contribution in [0, 0.1) is 0 Å². The zero-order valence-electron chi connectivity index (χ0n) is 10.5. The van der Waals surface area contributed by atoms with Gasteiger partial charge in [0.15, 0.2) is 0 Å². The van der Waals surface area contributed by atoms with E-state index in [-0.39, 0.29) is 5.97 Å². The number of esters is 1. The summed E-state index contributed by atoms with van der Waals surface area (Å²) in [6.07, 6.45) is 2.37. The van der Waals surface area contributed by atoms with Gasteiger partial charge in [-0.05, 0) is 18.2 Å². The summed E-state index contributed by atoms with van der Waals surface area (Å²) in [6.45, 7) is 0. The van der Waals surface area contributed by atoms with Crippen LogP contribution in [0.4, 0.5) is 0 Å². The minimum atomic E-state index is -0.563. The van der Waals surface area contributed by atoms with Crippen molar-refractivity contribution >= 4 is 34.3 Å². The number of carbonyl (C=O) groups excluding carboxylic acids is 1. The number of hydrogen-bond donors (Lipinski definition) is 2. The molecule has 0 fully saturated rings. The van der Waals surface area contributed by atoms with Crippen LogP contribution < -0.4 is 11.5 Å². The molecular weight excluding hydrogens is 268 g/mol. The molecule has 0 aromatic heterocycles. The molecule has 1 atom stereocenters. The number of ether oxygens (including phenoxy) is 1. The maximum Gasteiger partial charge on any atom is 0.322 e. The molecule has 4 nitrogen and oxygen atoms in total. The lowest BCUT2D eigenvalue weighted by Crippen LogP contribution is -2.33. The SMILES string of the molecule is COC(=O)C(N)Cc1ccccc1.CSC(N)=S. The summed E-state index contributed by atoms with van der Waals surface area (Å²) in [4.78, 5) is 11.0. The van der Waals surface area contributed by atoms with Gasteiger partial charge in [-0.1, -0.05) is 42.5 Å². The summed E-state index contributed by atoms with van der Waals surface area (Å²) >= 11 is 5.83. The Morgan fingerprint density at radius 2 is 1.94 bits per heavy atom. The van der Waals surface area contributed by atoms with Crippen molar-refractivity contribution in [3.05, 3.63) is 35.9 Å². The van der Waals surface area contributed by atoms with Gasteiger partial charge < -0.3 is 16.2 Å². The van der Waals surface area contributed by atoms with Crippen LogP contribution in [0.1, 0.15) is 5.56 Å². The van der Waals surface area contributed by atoms with Gasteiger partial charge >= 0.3 is 5.97 Å². The second-order valence-corrected chi connectivity index (χ2v) is 4.89. The zero-order valence-corrected chi connectivity index (χ0v) is 12.1. The molecule has 18 heavy (non-hydrogen) atoms. The molecule has 1 aromatic carbocycles. The Bertz CT molecular complexity index is 372. The molecule has 0 radical (unpaired) electrons. The predicted molar refractivity (Wildman–Crippen MR) is 80.4 cm³/mol. The highest BCUT2D eigenvalue weighted by atomic mass is 32.2. The lowest BCUT2D eigenvalue weighted by atomic mass is 10.1. The second-order valence-electron chi connectivity index (χ2n) is 3.34. The van der Waals surface area contributed by atoms with E-state index in [0.717, 1.165) is 5.56 Å². The summed E-state index contributed by atoms with van der Waals surface area (Å²) in [5.41, 5.74) is 11.6. The van der Waals surface area contributed by atoms with Crippen LogP contribution in [0.25, 0.3) is 0 Å². The average molecular weight is 286 g/mol. The lowest BCUT2D eigenvalue weighted by Gasteiger charge is -2.08. The minimum Gasteiger partial charge on any atom is -0.468 e. The molecule has 0 amide bonds. The molecule has 0 aliphatic heterocycles. The number of thiocarbonyl (C=S) groups is 1. The Kier molecular flexibility index (Phi) is 9.26. The topological polar surface area (TPSA) is 78.3 Å². The molecule has 4 N–H and O–H groups in total. The molecule has 0 aliphatic rings. The summed E-state index contributed by atoms with van der Waals surface area (Å²) in [7, 11) is 1.34. The van der Waals surface area contributed by atoms with Gasteiger partial charge in [0.25, 0.3) is 0 Å². The second kappa shape index (κ2) is 9.87. The Labute approximate surface area is 117 Å². The number of thioether (sulfide) groups is 1. The Hall–Kier alpha value is -1.11. The number of hydrogen-bond acceptors (Lipinski definition) is 5. The number of carbonyl (C=O) groups is 1. The van der Waals surface area contributed by atoms with Crippen molar-refractivity contribution in [2.45, 2.75) is 12.5 Å². The summed E-state index contributed by atoms with van der Waals surface area (Å²) in [5.74, 6) is -0.371. The first-order valence-electron chi connectivity index (χ1n) is 5.22. The lowest BCUT2D eigenvalue weighted by molar-refractivity contribution is -0.142. The first-order chi connectivity index (χ1) is 8.51. The molecule has 0 spiro atoms. The molecule has 100 valence electrons. The van der Waals surface area contributed by atoms with E-state index in [2.05, 4.69) is 17.0 Å². The molecule has 0 heterocycles. The minimum absolute atomic E-state index is 0.371. The van der Waals surface area contributed by atoms with E-state index in [1.807, 2.05) is 36.6 Å². The highest BCUT2D eigenvalue weighted by Gasteiger charge is 2.13. The normalized spacial score (nSPS) is 10.8. The quantitative estimate of drug-likeness (QED) is 0.644. The van der Waals surface area contributed by atoms with Crippen molar-refractivity contribution < 1.29 is 9.53 Å². The Balaban J connectivity index is 0.000000494. The highest BCUT2D eigenvalue weighted by Crippen LogP contribution is 2.02. The fourth-order valence-corrected chi connectivity index (χ4v) is 1.10. The van der Waals surface area contributed by atoms with Crippen molar-refractivity contribution in [1.29, 1.82) is 0 Å². The monoisotopic (exact) mass is 286 g/mol. The fraction of sp³-hybridized carbons (Fsp3) is 0.333. The number of nitrogens with two attached hydrogens (primary N) is 2. The van der Waals surface area contributed by atoms with Gasteiger partial charge in [0.05, 0.1) is 7.11 Å². The average Bonchev–Trinajstić information content (AvgIpc) is 2.39. The van der Waals surface area contributed by atoms with Crippen molar-refractivity contribution in [1.82, 2.24) is 0 Å². The molecule has 1 aromatic rings. The maximum absolute atomic E-state index is 11.0. The van der Waals surface area contributed by atoms with E-state index in [1.165, 1.54) is 18.9 Å². The van der Waals surface area contributed by atoms with Crippen molar-refractivity contribution in [3.8, 4) is 0 Å². The standard InChI is InChI=1S/C10H13NO2.C2H5NS2/c1-13-10(12)9(11)7-8-5-3-2-4-6-8;1-5-2(3)4/h2-6,9H,7,11H2,1H3;1H3,(H2,3,4). The number of rotatable bonds is 3. The van der Waals surface area contributed by atoms with Gasteiger partial charge in [-0.2, -0.15) is 0 Å². The zero-order chi connectivity index (χ0) is 14.0. The van der Waals surface area contributed by atoms with Gasteiger partial charge in [0.1, 0.15) is 10.4 Å². The maximum atomic E-state index is 11.0. The van der Waals surface area contributed by atoms with Gasteiger partial charge in [0.2, 0.25) is 0 Å². The first-order valence-corrected chi connectivity index (χ1v) is 6.85. The van der Waals surface area contributed by atoms with E-state index < -0.39 is 6.04 Å². The first kappa shape index (κ1) is 16.9. The molecule has 0 bridgehead atoms. The van der Waals surface area contributed by atoms with Gasteiger partial charge in [-0.25, -0.2) is 0 Å². The number of methoxy groups -OCH3 is 1. The Morgan fingerprint density at radius 3 is 2.33 bits per heavy atom. The van der Waals surface area contributed by atoms with Crippen LogP contribution in [-0.2, 0) is 16.0 Å². The molecule has 0 saturated heterocycles. The third kappa shape index (κ3) is 8.05. The summed E-state index contributed by atoms with van der Waals surface area (Å²) in [6, 6.07) is 9.06. The van der Waals surface area contributed by atoms with Crippen LogP contribution >= 0.6 is 24.0 Å². The fourth-order valence-electron chi connectivity index (χ4n) is 1.10. The van der Waals surface area contributed by atoms with Crippen LogP contribution in [-0.4, -0.2) is 29.7 Å². The van der Waals surface area contributed by atoms with E-state index in [4.69, 9.17) is 11.5 Å². The van der Waals surface area contributed by atoms with E-state index >= 15 is 0 Å². The molecule has 1 rings (SSSR count). The van der Waals surface area contributed by atoms with Crippen LogP contribution in [0.2, 0.25) is 0 Å². The van der Waals surface area contributed by atoms with Crippen molar-refractivity contribution in [2.24, 2.45) is 11.5 Å². The molecule has 0 aliphatic carbocycles. The molecule has 1 unspecified atom stereocenters. The molecule has 6 heteroatoms.